The molecule has 1 aromatic carbocycles. The van der Waals surface area contributed by atoms with E-state index in [1.807, 2.05) is 31.2 Å². The minimum Gasteiger partial charge on any atom is -0.494 e. The molecular formula is C16H25NO2. The fourth-order valence-electron chi connectivity index (χ4n) is 3.08. The Labute approximate surface area is 115 Å². The second-order valence-corrected chi connectivity index (χ2v) is 5.38. The molecule has 0 bridgehead atoms. The highest BCUT2D eigenvalue weighted by molar-refractivity contribution is 5.30. The highest BCUT2D eigenvalue weighted by Crippen LogP contribution is 2.34. The van der Waals surface area contributed by atoms with E-state index in [-0.39, 0.29) is 12.0 Å². The monoisotopic (exact) mass is 263 g/mol. The van der Waals surface area contributed by atoms with E-state index in [1.54, 1.807) is 0 Å². The largest absolute Gasteiger partial charge is 0.494 e. The second-order valence-electron chi connectivity index (χ2n) is 5.38. The van der Waals surface area contributed by atoms with E-state index in [0.717, 1.165) is 24.2 Å². The maximum atomic E-state index is 10.5. The summed E-state index contributed by atoms with van der Waals surface area (Å²) >= 11 is 0. The van der Waals surface area contributed by atoms with Crippen LogP contribution in [0.25, 0.3) is 0 Å². The first-order chi connectivity index (χ1) is 9.26. The fourth-order valence-corrected chi connectivity index (χ4v) is 3.08. The van der Waals surface area contributed by atoms with Crippen molar-refractivity contribution in [2.24, 2.45) is 11.7 Å². The summed E-state index contributed by atoms with van der Waals surface area (Å²) in [6.45, 7) is 3.14. The van der Waals surface area contributed by atoms with Crippen LogP contribution in [0.5, 0.6) is 5.75 Å². The zero-order chi connectivity index (χ0) is 13.7. The number of rotatable bonds is 6. The number of aliphatic hydroxyl groups excluding tert-OH is 1. The highest BCUT2D eigenvalue weighted by atomic mass is 16.5. The van der Waals surface area contributed by atoms with Crippen molar-refractivity contribution < 1.29 is 9.84 Å². The van der Waals surface area contributed by atoms with Crippen LogP contribution in [0, 0.1) is 5.92 Å². The number of hydrogen-bond acceptors (Lipinski definition) is 3. The van der Waals surface area contributed by atoms with Gasteiger partial charge in [-0.25, -0.2) is 0 Å². The average molecular weight is 263 g/mol. The van der Waals surface area contributed by atoms with Crippen molar-refractivity contribution in [2.45, 2.75) is 44.6 Å². The van der Waals surface area contributed by atoms with E-state index in [0.29, 0.717) is 19.1 Å². The number of nitrogens with two attached hydrogens (primary N) is 1. The van der Waals surface area contributed by atoms with Gasteiger partial charge < -0.3 is 15.6 Å². The summed E-state index contributed by atoms with van der Waals surface area (Å²) in [7, 11) is 0. The Hall–Kier alpha value is -1.06. The lowest BCUT2D eigenvalue weighted by Gasteiger charge is -2.27. The Balaban J connectivity index is 2.07. The van der Waals surface area contributed by atoms with Crippen LogP contribution in [0.2, 0.25) is 0 Å². The van der Waals surface area contributed by atoms with Gasteiger partial charge in [-0.3, -0.25) is 0 Å². The summed E-state index contributed by atoms with van der Waals surface area (Å²) in [6.07, 6.45) is 4.43. The van der Waals surface area contributed by atoms with E-state index >= 15 is 0 Å². The molecule has 0 spiro atoms. The van der Waals surface area contributed by atoms with Gasteiger partial charge in [0.1, 0.15) is 5.75 Å². The lowest BCUT2D eigenvalue weighted by molar-refractivity contribution is 0.0851. The topological polar surface area (TPSA) is 55.5 Å². The highest BCUT2D eigenvalue weighted by Gasteiger charge is 2.30. The molecule has 3 nitrogen and oxygen atoms in total. The maximum Gasteiger partial charge on any atom is 0.119 e. The first kappa shape index (κ1) is 14.4. The first-order valence-electron chi connectivity index (χ1n) is 7.37. The fraction of sp³-hybridized carbons (Fsp3) is 0.625. The molecule has 1 aromatic rings. The number of ether oxygens (including phenoxy) is 1. The van der Waals surface area contributed by atoms with Gasteiger partial charge in [0.25, 0.3) is 0 Å². The van der Waals surface area contributed by atoms with Gasteiger partial charge in [-0.05, 0) is 43.4 Å². The van der Waals surface area contributed by atoms with Crippen LogP contribution in [-0.4, -0.2) is 24.4 Å². The average Bonchev–Trinajstić information content (AvgIpc) is 2.96. The van der Waals surface area contributed by atoms with Crippen LogP contribution in [0.1, 0.15) is 44.1 Å². The SMILES string of the molecule is CCOc1ccc(C(CN)C(O)C2CCCC2)cc1. The van der Waals surface area contributed by atoms with Crippen LogP contribution in [-0.2, 0) is 0 Å². The summed E-state index contributed by atoms with van der Waals surface area (Å²) in [5.74, 6) is 1.33. The summed E-state index contributed by atoms with van der Waals surface area (Å²) < 4.78 is 5.44. The molecule has 2 unspecified atom stereocenters. The van der Waals surface area contributed by atoms with E-state index in [2.05, 4.69) is 0 Å². The van der Waals surface area contributed by atoms with E-state index in [4.69, 9.17) is 10.5 Å². The minimum atomic E-state index is -0.314. The van der Waals surface area contributed by atoms with E-state index < -0.39 is 0 Å². The van der Waals surface area contributed by atoms with Crippen LogP contribution in [0.4, 0.5) is 0 Å². The molecule has 0 aromatic heterocycles. The van der Waals surface area contributed by atoms with Gasteiger partial charge in [-0.2, -0.15) is 0 Å². The van der Waals surface area contributed by atoms with Gasteiger partial charge in [0.05, 0.1) is 12.7 Å². The van der Waals surface area contributed by atoms with Gasteiger partial charge in [-0.1, -0.05) is 25.0 Å². The Morgan fingerprint density at radius 2 is 1.89 bits per heavy atom. The molecule has 0 radical (unpaired) electrons. The van der Waals surface area contributed by atoms with Crippen LogP contribution in [0.3, 0.4) is 0 Å². The van der Waals surface area contributed by atoms with Gasteiger partial charge in [0.15, 0.2) is 0 Å². The smallest absolute Gasteiger partial charge is 0.119 e. The molecule has 1 saturated carbocycles. The lowest BCUT2D eigenvalue weighted by atomic mass is 9.85. The van der Waals surface area contributed by atoms with Crippen molar-refractivity contribution in [3.05, 3.63) is 29.8 Å². The predicted octanol–water partition coefficient (Wildman–Crippen LogP) is 2.68. The molecule has 1 aliphatic carbocycles. The third-order valence-electron chi connectivity index (χ3n) is 4.17. The molecule has 2 rings (SSSR count). The van der Waals surface area contributed by atoms with E-state index in [1.165, 1.54) is 12.8 Å². The van der Waals surface area contributed by atoms with Gasteiger partial charge >= 0.3 is 0 Å². The molecule has 0 aliphatic heterocycles. The van der Waals surface area contributed by atoms with Crippen molar-refractivity contribution in [2.75, 3.05) is 13.2 Å². The molecular weight excluding hydrogens is 238 g/mol. The third kappa shape index (κ3) is 3.48. The van der Waals surface area contributed by atoms with Gasteiger partial charge in [0.2, 0.25) is 0 Å². The zero-order valence-electron chi connectivity index (χ0n) is 11.7. The molecule has 1 aliphatic rings. The quantitative estimate of drug-likeness (QED) is 0.829. The Morgan fingerprint density at radius 3 is 2.42 bits per heavy atom. The number of hydrogen-bond donors (Lipinski definition) is 2. The predicted molar refractivity (Wildman–Crippen MR) is 77.4 cm³/mol. The molecule has 2 atom stereocenters. The third-order valence-corrected chi connectivity index (χ3v) is 4.17. The van der Waals surface area contributed by atoms with Crippen LogP contribution >= 0.6 is 0 Å². The Morgan fingerprint density at radius 1 is 1.26 bits per heavy atom. The molecule has 19 heavy (non-hydrogen) atoms. The Kier molecular flexibility index (Phi) is 5.23. The maximum absolute atomic E-state index is 10.5. The summed E-state index contributed by atoms with van der Waals surface area (Å²) in [4.78, 5) is 0. The molecule has 1 fully saturated rings. The second kappa shape index (κ2) is 6.92. The molecule has 3 N–H and O–H groups in total. The lowest BCUT2D eigenvalue weighted by Crippen LogP contribution is -2.31. The van der Waals surface area contributed by atoms with Crippen molar-refractivity contribution in [3.8, 4) is 5.75 Å². The molecule has 0 amide bonds. The molecule has 0 saturated heterocycles. The normalized spacial score (nSPS) is 19.3. The molecule has 0 heterocycles. The van der Waals surface area contributed by atoms with Crippen LogP contribution in [0.15, 0.2) is 24.3 Å². The standard InChI is InChI=1S/C16H25NO2/c1-2-19-14-9-7-12(8-10-14)15(11-17)16(18)13-5-3-4-6-13/h7-10,13,15-16,18H,2-6,11,17H2,1H3. The van der Waals surface area contributed by atoms with Gasteiger partial charge in [0, 0.05) is 12.5 Å². The van der Waals surface area contributed by atoms with Crippen molar-refractivity contribution in [1.29, 1.82) is 0 Å². The summed E-state index contributed by atoms with van der Waals surface area (Å²) in [5, 5.41) is 10.5. The summed E-state index contributed by atoms with van der Waals surface area (Å²) in [5.41, 5.74) is 6.99. The van der Waals surface area contributed by atoms with Crippen molar-refractivity contribution >= 4 is 0 Å². The minimum absolute atomic E-state index is 0.0405. The van der Waals surface area contributed by atoms with E-state index in [9.17, 15) is 5.11 Å². The first-order valence-corrected chi connectivity index (χ1v) is 7.37. The number of benzene rings is 1. The van der Waals surface area contributed by atoms with Crippen LogP contribution < -0.4 is 10.5 Å². The van der Waals surface area contributed by atoms with Crippen molar-refractivity contribution in [1.82, 2.24) is 0 Å². The zero-order valence-corrected chi connectivity index (χ0v) is 11.7. The summed E-state index contributed by atoms with van der Waals surface area (Å²) in [6, 6.07) is 7.98. The number of aliphatic hydroxyl groups is 1. The van der Waals surface area contributed by atoms with Gasteiger partial charge in [-0.15, -0.1) is 0 Å². The molecule has 106 valence electrons. The Bertz CT molecular complexity index is 371. The van der Waals surface area contributed by atoms with Crippen molar-refractivity contribution in [3.63, 3.8) is 0 Å². The molecule has 3 heteroatoms.